The van der Waals surface area contributed by atoms with Crippen LogP contribution >= 0.6 is 0 Å². The van der Waals surface area contributed by atoms with Gasteiger partial charge in [0.25, 0.3) is 6.29 Å². The van der Waals surface area contributed by atoms with E-state index < -0.39 is 24.3 Å². The van der Waals surface area contributed by atoms with Crippen LogP contribution in [0.3, 0.4) is 0 Å². The molecule has 384 valence electrons. The number of carboxylic acids is 1. The van der Waals surface area contributed by atoms with Gasteiger partial charge in [-0.3, -0.25) is 9.59 Å². The average Bonchev–Trinajstić information content (AvgIpc) is 3.28. The van der Waals surface area contributed by atoms with E-state index in [1.807, 2.05) is 21.1 Å². The summed E-state index contributed by atoms with van der Waals surface area (Å²) in [6.07, 6.45) is 56.1. The standard InChI is InChI=1S/C57H103NO8/c1-6-8-10-12-14-16-18-20-22-23-24-25-26-27-28-29-30-31-32-33-34-36-38-40-42-44-46-48-55(60)66-53(52-65-57(56(61)62)63-50-49-58(3,4)5)51-64-54(59)47-45-43-41-39-37-35-21-19-17-15-13-11-9-7-2/h13,15,18-21,23-24,53,57H,6-12,14,16-17,22,25-52H2,1-5H3/p+1/b15-13-,20-18-,21-19-,24-23-. The molecule has 0 saturated carbocycles. The summed E-state index contributed by atoms with van der Waals surface area (Å²) in [5, 5.41) is 9.67. The van der Waals surface area contributed by atoms with Gasteiger partial charge in [-0.2, -0.15) is 0 Å². The van der Waals surface area contributed by atoms with Crippen LogP contribution in [-0.2, 0) is 33.3 Å². The fourth-order valence-electron chi connectivity index (χ4n) is 7.53. The van der Waals surface area contributed by atoms with Crippen LogP contribution in [0.25, 0.3) is 0 Å². The van der Waals surface area contributed by atoms with Gasteiger partial charge in [-0.15, -0.1) is 0 Å². The van der Waals surface area contributed by atoms with Crippen LogP contribution in [0, 0.1) is 0 Å². The maximum Gasteiger partial charge on any atom is 0.361 e. The van der Waals surface area contributed by atoms with E-state index in [4.69, 9.17) is 18.9 Å². The van der Waals surface area contributed by atoms with Crippen LogP contribution in [0.4, 0.5) is 0 Å². The lowest BCUT2D eigenvalue weighted by Gasteiger charge is -2.25. The molecule has 0 aromatic rings. The number of esters is 2. The second-order valence-corrected chi connectivity index (χ2v) is 19.5. The third-order valence-electron chi connectivity index (χ3n) is 11.8. The topological polar surface area (TPSA) is 108 Å². The van der Waals surface area contributed by atoms with Crippen LogP contribution in [0.15, 0.2) is 48.6 Å². The molecule has 0 aliphatic heterocycles. The van der Waals surface area contributed by atoms with Gasteiger partial charge in [-0.25, -0.2) is 4.79 Å². The normalized spacial score (nSPS) is 13.2. The second kappa shape index (κ2) is 48.7. The van der Waals surface area contributed by atoms with E-state index in [0.29, 0.717) is 11.0 Å². The third kappa shape index (κ3) is 49.2. The summed E-state index contributed by atoms with van der Waals surface area (Å²) in [6, 6.07) is 0. The molecule has 0 amide bonds. The number of carboxylic acid groups (broad SMARTS) is 1. The zero-order valence-electron chi connectivity index (χ0n) is 43.6. The largest absolute Gasteiger partial charge is 0.477 e. The fraction of sp³-hybridized carbons (Fsp3) is 0.807. The molecule has 0 aliphatic rings. The number of hydrogen-bond acceptors (Lipinski definition) is 7. The lowest BCUT2D eigenvalue weighted by molar-refractivity contribution is -0.870. The molecule has 2 unspecified atom stereocenters. The van der Waals surface area contributed by atoms with Crippen LogP contribution in [0.2, 0.25) is 0 Å². The minimum absolute atomic E-state index is 0.185. The van der Waals surface area contributed by atoms with Gasteiger partial charge in [0.05, 0.1) is 34.4 Å². The van der Waals surface area contributed by atoms with Crippen molar-refractivity contribution in [2.45, 2.75) is 251 Å². The summed E-state index contributed by atoms with van der Waals surface area (Å²) in [4.78, 5) is 37.3. The number of quaternary nitrogens is 1. The molecule has 66 heavy (non-hydrogen) atoms. The predicted molar refractivity (Wildman–Crippen MR) is 277 cm³/mol. The molecule has 0 saturated heterocycles. The summed E-state index contributed by atoms with van der Waals surface area (Å²) in [7, 11) is 5.96. The number of unbranched alkanes of at least 4 members (excludes halogenated alkanes) is 27. The number of carbonyl (C=O) groups is 3. The van der Waals surface area contributed by atoms with Gasteiger partial charge in [0.2, 0.25) is 0 Å². The van der Waals surface area contributed by atoms with Crippen molar-refractivity contribution in [1.82, 2.24) is 0 Å². The van der Waals surface area contributed by atoms with Crippen molar-refractivity contribution < 1.29 is 42.9 Å². The molecule has 9 heteroatoms. The minimum atomic E-state index is -1.51. The predicted octanol–water partition coefficient (Wildman–Crippen LogP) is 15.5. The highest BCUT2D eigenvalue weighted by Gasteiger charge is 2.25. The van der Waals surface area contributed by atoms with Gasteiger partial charge in [0.15, 0.2) is 6.10 Å². The first-order chi connectivity index (χ1) is 32.1. The van der Waals surface area contributed by atoms with Gasteiger partial charge in [0.1, 0.15) is 13.2 Å². The summed E-state index contributed by atoms with van der Waals surface area (Å²) in [5.74, 6) is -2.02. The summed E-state index contributed by atoms with van der Waals surface area (Å²) in [5.41, 5.74) is 0. The Labute approximate surface area is 406 Å². The molecule has 0 aromatic carbocycles. The van der Waals surface area contributed by atoms with Crippen LogP contribution in [0.1, 0.15) is 239 Å². The highest BCUT2D eigenvalue weighted by molar-refractivity contribution is 5.71. The molecule has 0 rings (SSSR count). The molecule has 2 atom stereocenters. The van der Waals surface area contributed by atoms with E-state index in [1.54, 1.807) is 0 Å². The number of allylic oxidation sites excluding steroid dienone is 8. The van der Waals surface area contributed by atoms with Crippen molar-refractivity contribution in [3.05, 3.63) is 48.6 Å². The minimum Gasteiger partial charge on any atom is -0.477 e. The highest BCUT2D eigenvalue weighted by atomic mass is 16.7. The molecule has 9 nitrogen and oxygen atoms in total. The lowest BCUT2D eigenvalue weighted by Crippen LogP contribution is -2.40. The second-order valence-electron chi connectivity index (χ2n) is 19.5. The van der Waals surface area contributed by atoms with Crippen LogP contribution in [0.5, 0.6) is 0 Å². The maximum atomic E-state index is 12.8. The average molecular weight is 931 g/mol. The first-order valence-electron chi connectivity index (χ1n) is 27.3. The molecule has 0 radical (unpaired) electrons. The number of hydrogen-bond donors (Lipinski definition) is 1. The SMILES string of the molecule is CCCC/C=C\C/C=C\CCCCCCCC(=O)OCC(COC(OCC[N+](C)(C)C)C(=O)O)OC(=O)CCCCCCCCCCCCCCCCC/C=C\C/C=C\CCCCCCC. The number of ether oxygens (including phenoxy) is 4. The van der Waals surface area contributed by atoms with Gasteiger partial charge in [0, 0.05) is 12.8 Å². The molecule has 0 heterocycles. The maximum absolute atomic E-state index is 12.8. The number of aliphatic carboxylic acids is 1. The van der Waals surface area contributed by atoms with Crippen LogP contribution in [-0.4, -0.2) is 87.4 Å². The number of likely N-dealkylation sites (N-methyl/N-ethyl adjacent to an activating group) is 1. The third-order valence-corrected chi connectivity index (χ3v) is 11.8. The van der Waals surface area contributed by atoms with E-state index >= 15 is 0 Å². The quantitative estimate of drug-likeness (QED) is 0.0211. The van der Waals surface area contributed by atoms with Crippen molar-refractivity contribution in [2.24, 2.45) is 0 Å². The van der Waals surface area contributed by atoms with Crippen LogP contribution < -0.4 is 0 Å². The Morgan fingerprint density at radius 1 is 0.455 bits per heavy atom. The Hall–Kier alpha value is -2.75. The Morgan fingerprint density at radius 2 is 0.833 bits per heavy atom. The van der Waals surface area contributed by atoms with E-state index in [9.17, 15) is 19.5 Å². The number of rotatable bonds is 50. The van der Waals surface area contributed by atoms with Crippen molar-refractivity contribution in [2.75, 3.05) is 47.5 Å². The van der Waals surface area contributed by atoms with Crippen molar-refractivity contribution in [3.63, 3.8) is 0 Å². The molecule has 0 spiro atoms. The van der Waals surface area contributed by atoms with E-state index in [-0.39, 0.29) is 38.6 Å². The number of nitrogens with zero attached hydrogens (tertiary/aromatic N) is 1. The smallest absolute Gasteiger partial charge is 0.361 e. The molecule has 0 aliphatic carbocycles. The Morgan fingerprint density at radius 3 is 1.24 bits per heavy atom. The fourth-order valence-corrected chi connectivity index (χ4v) is 7.53. The van der Waals surface area contributed by atoms with E-state index in [1.165, 1.54) is 141 Å². The zero-order valence-corrected chi connectivity index (χ0v) is 43.6. The monoisotopic (exact) mass is 931 g/mol. The van der Waals surface area contributed by atoms with Gasteiger partial charge >= 0.3 is 17.9 Å². The summed E-state index contributed by atoms with van der Waals surface area (Å²) in [6.45, 7) is 4.82. The molecular weight excluding hydrogens is 827 g/mol. The molecular formula is C57H104NO8+. The summed E-state index contributed by atoms with van der Waals surface area (Å²) >= 11 is 0. The first-order valence-corrected chi connectivity index (χ1v) is 27.3. The zero-order chi connectivity index (χ0) is 48.4. The van der Waals surface area contributed by atoms with Crippen molar-refractivity contribution in [1.29, 1.82) is 0 Å². The molecule has 0 fully saturated rings. The van der Waals surface area contributed by atoms with Gasteiger partial charge in [-0.1, -0.05) is 204 Å². The van der Waals surface area contributed by atoms with Crippen molar-refractivity contribution in [3.8, 4) is 0 Å². The number of carbonyl (C=O) groups excluding carboxylic acids is 2. The first kappa shape index (κ1) is 63.2. The van der Waals surface area contributed by atoms with Gasteiger partial charge < -0.3 is 28.5 Å². The van der Waals surface area contributed by atoms with E-state index in [2.05, 4.69) is 62.5 Å². The highest BCUT2D eigenvalue weighted by Crippen LogP contribution is 2.16. The molecule has 0 aromatic heterocycles. The summed E-state index contributed by atoms with van der Waals surface area (Å²) < 4.78 is 22.8. The molecule has 0 bridgehead atoms. The van der Waals surface area contributed by atoms with Gasteiger partial charge in [-0.05, 0) is 70.6 Å². The molecule has 1 N–H and O–H groups in total. The lowest BCUT2D eigenvalue weighted by atomic mass is 10.0. The Kier molecular flexibility index (Phi) is 46.7. The van der Waals surface area contributed by atoms with E-state index in [0.717, 1.165) is 70.6 Å². The Balaban J connectivity index is 4.21. The Bertz CT molecular complexity index is 1220. The van der Waals surface area contributed by atoms with Crippen molar-refractivity contribution >= 4 is 17.9 Å².